The van der Waals surface area contributed by atoms with Crippen molar-refractivity contribution in [2.75, 3.05) is 6.54 Å². The second-order valence-electron chi connectivity index (χ2n) is 5.28. The molecule has 0 saturated heterocycles. The van der Waals surface area contributed by atoms with Crippen LogP contribution in [0.4, 0.5) is 0 Å². The molecule has 1 aromatic carbocycles. The summed E-state index contributed by atoms with van der Waals surface area (Å²) in [6, 6.07) is 5.87. The number of hydrogen-bond donors (Lipinski definition) is 1. The molecule has 0 radical (unpaired) electrons. The molecule has 1 aliphatic rings. The number of nitrogens with one attached hydrogen (secondary N) is 1. The smallest absolute Gasteiger partial charge is 0.252 e. The van der Waals surface area contributed by atoms with Gasteiger partial charge in [0.1, 0.15) is 0 Å². The lowest BCUT2D eigenvalue weighted by Crippen LogP contribution is -2.40. The molecule has 2 rings (SSSR count). The minimum absolute atomic E-state index is 0.0613. The van der Waals surface area contributed by atoms with Gasteiger partial charge in [0.15, 0.2) is 0 Å². The number of aryl methyl sites for hydroxylation is 1. The lowest BCUT2D eigenvalue weighted by molar-refractivity contribution is 0.0890. The molecule has 2 nitrogen and oxygen atoms in total. The highest BCUT2D eigenvalue weighted by atomic mass is 127. The molecular weight excluding hydrogens is 325 g/mol. The number of carbonyl (C=O) groups excluding carboxylic acids is 1. The van der Waals surface area contributed by atoms with Crippen molar-refractivity contribution in [1.29, 1.82) is 0 Å². The fraction of sp³-hybridized carbons (Fsp3) is 0.500. The molecule has 0 bridgehead atoms. The Balaban J connectivity index is 2.02. The van der Waals surface area contributed by atoms with Crippen LogP contribution in [0.25, 0.3) is 0 Å². The van der Waals surface area contributed by atoms with Crippen molar-refractivity contribution in [3.05, 3.63) is 32.9 Å². The van der Waals surface area contributed by atoms with Crippen LogP contribution >= 0.6 is 22.6 Å². The number of benzene rings is 1. The van der Waals surface area contributed by atoms with Gasteiger partial charge in [-0.1, -0.05) is 25.5 Å². The maximum absolute atomic E-state index is 12.1. The van der Waals surface area contributed by atoms with Crippen molar-refractivity contribution in [3.8, 4) is 0 Å². The molecule has 1 aliphatic carbocycles. The fourth-order valence-electron chi connectivity index (χ4n) is 2.17. The van der Waals surface area contributed by atoms with Crippen molar-refractivity contribution in [3.63, 3.8) is 0 Å². The summed E-state index contributed by atoms with van der Waals surface area (Å²) in [4.78, 5) is 12.1. The molecule has 0 aliphatic heterocycles. The fourth-order valence-corrected chi connectivity index (χ4v) is 2.77. The van der Waals surface area contributed by atoms with E-state index in [1.54, 1.807) is 0 Å². The van der Waals surface area contributed by atoms with Gasteiger partial charge in [0.2, 0.25) is 0 Å². The van der Waals surface area contributed by atoms with E-state index in [0.29, 0.717) is 5.41 Å². The zero-order valence-electron chi connectivity index (χ0n) is 10.3. The topological polar surface area (TPSA) is 29.1 Å². The van der Waals surface area contributed by atoms with E-state index in [-0.39, 0.29) is 5.91 Å². The Morgan fingerprint density at radius 3 is 2.76 bits per heavy atom. The number of hydrogen-bond acceptors (Lipinski definition) is 1. The lowest BCUT2D eigenvalue weighted by atomic mass is 9.70. The predicted molar refractivity (Wildman–Crippen MR) is 78.2 cm³/mol. The van der Waals surface area contributed by atoms with Crippen LogP contribution in [-0.2, 0) is 0 Å². The second kappa shape index (κ2) is 4.96. The molecule has 3 heteroatoms. The van der Waals surface area contributed by atoms with Crippen molar-refractivity contribution in [2.24, 2.45) is 5.41 Å². The molecule has 0 atom stereocenters. The Hall–Kier alpha value is -0.580. The monoisotopic (exact) mass is 343 g/mol. The maximum atomic E-state index is 12.1. The van der Waals surface area contributed by atoms with Crippen LogP contribution in [0.2, 0.25) is 0 Å². The molecule has 1 amide bonds. The highest BCUT2D eigenvalue weighted by Gasteiger charge is 2.32. The predicted octanol–water partition coefficient (Wildman–Crippen LogP) is 3.52. The Bertz CT molecular complexity index is 438. The summed E-state index contributed by atoms with van der Waals surface area (Å²) in [6.45, 7) is 5.08. The van der Waals surface area contributed by atoms with Crippen LogP contribution in [0, 0.1) is 15.9 Å². The first-order valence-corrected chi connectivity index (χ1v) is 7.13. The number of halogens is 1. The summed E-state index contributed by atoms with van der Waals surface area (Å²) in [5.74, 6) is 0.0613. The summed E-state index contributed by atoms with van der Waals surface area (Å²) in [5, 5.41) is 3.07. The Kier molecular flexibility index (Phi) is 3.76. The first-order valence-electron chi connectivity index (χ1n) is 6.05. The summed E-state index contributed by atoms with van der Waals surface area (Å²) in [6.07, 6.45) is 3.77. The van der Waals surface area contributed by atoms with E-state index in [2.05, 4.69) is 34.8 Å². The average Bonchev–Trinajstić information content (AvgIpc) is 2.27. The van der Waals surface area contributed by atoms with E-state index in [1.165, 1.54) is 19.3 Å². The van der Waals surface area contributed by atoms with E-state index in [9.17, 15) is 4.79 Å². The number of carbonyl (C=O) groups is 1. The van der Waals surface area contributed by atoms with Crippen LogP contribution in [0.15, 0.2) is 18.2 Å². The average molecular weight is 343 g/mol. The van der Waals surface area contributed by atoms with Crippen molar-refractivity contribution in [1.82, 2.24) is 5.32 Å². The van der Waals surface area contributed by atoms with E-state index in [1.807, 2.05) is 25.1 Å². The Morgan fingerprint density at radius 2 is 2.18 bits per heavy atom. The third-order valence-corrected chi connectivity index (χ3v) is 5.10. The molecule has 0 aromatic heterocycles. The molecule has 1 fully saturated rings. The van der Waals surface area contributed by atoms with Crippen LogP contribution in [0.3, 0.4) is 0 Å². The highest BCUT2D eigenvalue weighted by molar-refractivity contribution is 14.1. The summed E-state index contributed by atoms with van der Waals surface area (Å²) in [7, 11) is 0. The molecule has 1 N–H and O–H groups in total. The van der Waals surface area contributed by atoms with Crippen molar-refractivity contribution < 1.29 is 4.79 Å². The van der Waals surface area contributed by atoms with Gasteiger partial charge < -0.3 is 5.32 Å². The maximum Gasteiger partial charge on any atom is 0.252 e. The van der Waals surface area contributed by atoms with Gasteiger partial charge in [0.25, 0.3) is 5.91 Å². The van der Waals surface area contributed by atoms with Gasteiger partial charge in [-0.05, 0) is 59.4 Å². The normalized spacial score (nSPS) is 17.4. The Labute approximate surface area is 116 Å². The molecule has 92 valence electrons. The molecule has 1 saturated carbocycles. The van der Waals surface area contributed by atoms with Gasteiger partial charge in [0.05, 0.1) is 5.56 Å². The quantitative estimate of drug-likeness (QED) is 0.836. The third-order valence-electron chi connectivity index (χ3n) is 3.67. The molecule has 0 heterocycles. The zero-order chi connectivity index (χ0) is 12.5. The molecule has 0 spiro atoms. The first-order chi connectivity index (χ1) is 8.02. The molecule has 1 aromatic rings. The second-order valence-corrected chi connectivity index (χ2v) is 6.36. The lowest BCUT2D eigenvalue weighted by Gasteiger charge is -2.38. The van der Waals surface area contributed by atoms with E-state index < -0.39 is 0 Å². The number of amides is 1. The first kappa shape index (κ1) is 12.9. The van der Waals surface area contributed by atoms with Gasteiger partial charge in [-0.2, -0.15) is 0 Å². The minimum Gasteiger partial charge on any atom is -0.351 e. The summed E-state index contributed by atoms with van der Waals surface area (Å²) >= 11 is 2.24. The van der Waals surface area contributed by atoms with Crippen LogP contribution in [-0.4, -0.2) is 12.5 Å². The summed E-state index contributed by atoms with van der Waals surface area (Å²) in [5.41, 5.74) is 2.30. The standard InChI is InChI=1S/C14H18INO/c1-10-5-3-6-11(12(10)15)13(17)16-9-14(2)7-4-8-14/h3,5-6H,4,7-9H2,1-2H3,(H,16,17). The van der Waals surface area contributed by atoms with E-state index >= 15 is 0 Å². The highest BCUT2D eigenvalue weighted by Crippen LogP contribution is 2.39. The van der Waals surface area contributed by atoms with Gasteiger partial charge in [-0.3, -0.25) is 4.79 Å². The van der Waals surface area contributed by atoms with E-state index in [4.69, 9.17) is 0 Å². The summed E-state index contributed by atoms with van der Waals surface area (Å²) < 4.78 is 1.06. The largest absolute Gasteiger partial charge is 0.351 e. The molecular formula is C14H18INO. The Morgan fingerprint density at radius 1 is 1.47 bits per heavy atom. The molecule has 0 unspecified atom stereocenters. The zero-order valence-corrected chi connectivity index (χ0v) is 12.5. The van der Waals surface area contributed by atoms with Gasteiger partial charge >= 0.3 is 0 Å². The van der Waals surface area contributed by atoms with Gasteiger partial charge in [-0.15, -0.1) is 0 Å². The van der Waals surface area contributed by atoms with Gasteiger partial charge in [0, 0.05) is 10.1 Å². The SMILES string of the molecule is Cc1cccc(C(=O)NCC2(C)CCC2)c1I. The van der Waals surface area contributed by atoms with Crippen molar-refractivity contribution >= 4 is 28.5 Å². The minimum atomic E-state index is 0.0613. The molecule has 17 heavy (non-hydrogen) atoms. The van der Waals surface area contributed by atoms with Crippen molar-refractivity contribution in [2.45, 2.75) is 33.1 Å². The third kappa shape index (κ3) is 2.81. The van der Waals surface area contributed by atoms with Crippen LogP contribution in [0.5, 0.6) is 0 Å². The van der Waals surface area contributed by atoms with Crippen LogP contribution in [0.1, 0.15) is 42.1 Å². The van der Waals surface area contributed by atoms with E-state index in [0.717, 1.165) is 21.2 Å². The van der Waals surface area contributed by atoms with Gasteiger partial charge in [-0.25, -0.2) is 0 Å². The van der Waals surface area contributed by atoms with Crippen LogP contribution < -0.4 is 5.32 Å². The number of rotatable bonds is 3.